The van der Waals surface area contributed by atoms with Crippen molar-refractivity contribution in [1.82, 2.24) is 19.9 Å². The van der Waals surface area contributed by atoms with Crippen molar-refractivity contribution < 1.29 is 9.09 Å². The van der Waals surface area contributed by atoms with Gasteiger partial charge in [-0.15, -0.1) is 0 Å². The van der Waals surface area contributed by atoms with Gasteiger partial charge in [0.25, 0.3) is 0 Å². The molecular formula is C28H44FN9OS. The van der Waals surface area contributed by atoms with Crippen LogP contribution in [0, 0.1) is 17.8 Å². The second-order valence-corrected chi connectivity index (χ2v) is 12.2. The molecule has 2 fully saturated rings. The average Bonchev–Trinajstić information content (AvgIpc) is 3.32. The summed E-state index contributed by atoms with van der Waals surface area (Å²) >= 11 is 0.230. The van der Waals surface area contributed by atoms with Crippen molar-refractivity contribution in [3.63, 3.8) is 0 Å². The third-order valence-electron chi connectivity index (χ3n) is 7.77. The maximum Gasteiger partial charge on any atom is 0.208 e. The van der Waals surface area contributed by atoms with Crippen molar-refractivity contribution in [2.24, 2.45) is 28.6 Å². The smallest absolute Gasteiger partial charge is 0.208 e. The topological polar surface area (TPSA) is 127 Å². The molecule has 0 spiro atoms. The summed E-state index contributed by atoms with van der Waals surface area (Å²) in [6, 6.07) is 7.50. The van der Waals surface area contributed by atoms with E-state index in [0.717, 1.165) is 38.2 Å². The lowest BCUT2D eigenvalue weighted by Crippen LogP contribution is -2.35. The van der Waals surface area contributed by atoms with Gasteiger partial charge in [0.15, 0.2) is 11.6 Å². The van der Waals surface area contributed by atoms with Gasteiger partial charge >= 0.3 is 0 Å². The summed E-state index contributed by atoms with van der Waals surface area (Å²) in [5.74, 6) is 2.87. The van der Waals surface area contributed by atoms with Gasteiger partial charge in [0.1, 0.15) is 5.69 Å². The number of rotatable bonds is 14. The molecule has 1 aliphatic carbocycles. The fourth-order valence-corrected chi connectivity index (χ4v) is 5.69. The van der Waals surface area contributed by atoms with Crippen LogP contribution in [0.1, 0.15) is 57.8 Å². The predicted octanol–water partition coefficient (Wildman–Crippen LogP) is 5.00. The Hall–Kier alpha value is -2.83. The number of hydrogen-bond donors (Lipinski definition) is 5. The Morgan fingerprint density at radius 1 is 1.20 bits per heavy atom. The number of nitrogens with zero attached hydrogens (tertiary/aromatic N) is 5. The molecule has 1 saturated heterocycles. The van der Waals surface area contributed by atoms with Gasteiger partial charge in [0.05, 0.1) is 12.1 Å². The number of halogens is 1. The minimum atomic E-state index is -0.156. The second-order valence-electron chi connectivity index (χ2n) is 11.6. The number of nitrogens with one attached hydrogen (secondary N) is 3. The van der Waals surface area contributed by atoms with Gasteiger partial charge in [-0.1, -0.05) is 37.6 Å². The van der Waals surface area contributed by atoms with E-state index in [2.05, 4.69) is 61.9 Å². The van der Waals surface area contributed by atoms with Crippen molar-refractivity contribution in [1.29, 1.82) is 0 Å². The van der Waals surface area contributed by atoms with Crippen LogP contribution in [0.2, 0.25) is 0 Å². The first-order valence-corrected chi connectivity index (χ1v) is 14.9. The Morgan fingerprint density at radius 3 is 2.55 bits per heavy atom. The van der Waals surface area contributed by atoms with Crippen molar-refractivity contribution in [2.75, 3.05) is 49.3 Å². The largest absolute Gasteiger partial charge is 0.409 e. The SMILES string of the molecule is CC(C)CN1CCC(CN(C)Nc2nc(/C(N)=N/O)nc(N[C@H](C)C3CCC3)c2NCc2ccc(SF)cc2)C1. The zero-order valence-corrected chi connectivity index (χ0v) is 24.8. The van der Waals surface area contributed by atoms with Crippen LogP contribution in [-0.2, 0) is 6.54 Å². The second kappa shape index (κ2) is 14.2. The summed E-state index contributed by atoms with van der Waals surface area (Å²) in [6.45, 7) is 11.3. The first kappa shape index (κ1) is 30.1. The number of hydrazine groups is 1. The Bertz CT molecular complexity index is 1130. The number of oxime groups is 1. The van der Waals surface area contributed by atoms with E-state index >= 15 is 0 Å². The van der Waals surface area contributed by atoms with E-state index < -0.39 is 0 Å². The number of nitrogens with two attached hydrogens (primary N) is 1. The highest BCUT2D eigenvalue weighted by Crippen LogP contribution is 2.35. The van der Waals surface area contributed by atoms with E-state index in [4.69, 9.17) is 5.73 Å². The van der Waals surface area contributed by atoms with Crippen LogP contribution < -0.4 is 21.8 Å². The zero-order valence-electron chi connectivity index (χ0n) is 24.0. The van der Waals surface area contributed by atoms with Gasteiger partial charge in [0, 0.05) is 44.2 Å². The maximum absolute atomic E-state index is 12.9. The molecule has 2 heterocycles. The van der Waals surface area contributed by atoms with Crippen LogP contribution in [0.4, 0.5) is 21.2 Å². The Labute approximate surface area is 241 Å². The first-order chi connectivity index (χ1) is 19.2. The summed E-state index contributed by atoms with van der Waals surface area (Å²) in [7, 11) is 2.01. The number of hydrogen-bond acceptors (Lipinski definition) is 10. The minimum absolute atomic E-state index is 0.139. The lowest BCUT2D eigenvalue weighted by molar-refractivity contribution is 0.267. The van der Waals surface area contributed by atoms with Gasteiger partial charge in [0.2, 0.25) is 11.7 Å². The molecule has 2 aliphatic rings. The molecule has 10 nitrogen and oxygen atoms in total. The number of anilines is 3. The first-order valence-electron chi connectivity index (χ1n) is 14.2. The third kappa shape index (κ3) is 8.11. The summed E-state index contributed by atoms with van der Waals surface area (Å²) in [5.41, 5.74) is 11.1. The summed E-state index contributed by atoms with van der Waals surface area (Å²) in [6.07, 6.45) is 4.75. The molecular weight excluding hydrogens is 529 g/mol. The van der Waals surface area contributed by atoms with E-state index in [-0.39, 0.29) is 29.8 Å². The van der Waals surface area contributed by atoms with E-state index in [1.807, 2.05) is 19.2 Å². The van der Waals surface area contributed by atoms with Gasteiger partial charge in [-0.2, -0.15) is 3.89 Å². The van der Waals surface area contributed by atoms with Crippen LogP contribution in [0.3, 0.4) is 0 Å². The van der Waals surface area contributed by atoms with Gasteiger partial charge in [-0.25, -0.2) is 15.0 Å². The van der Waals surface area contributed by atoms with Gasteiger partial charge in [-0.3, -0.25) is 0 Å². The zero-order chi connectivity index (χ0) is 28.6. The Kier molecular flexibility index (Phi) is 10.7. The Balaban J connectivity index is 1.58. The molecule has 2 atom stereocenters. The van der Waals surface area contributed by atoms with E-state index in [1.54, 1.807) is 12.1 Å². The number of benzene rings is 1. The molecule has 1 saturated carbocycles. The van der Waals surface area contributed by atoms with Gasteiger partial charge < -0.3 is 31.9 Å². The normalized spacial score (nSPS) is 19.2. The van der Waals surface area contributed by atoms with E-state index in [1.165, 1.54) is 19.3 Å². The highest BCUT2D eigenvalue weighted by Gasteiger charge is 2.27. The summed E-state index contributed by atoms with van der Waals surface area (Å²) in [5, 5.41) is 21.7. The summed E-state index contributed by atoms with van der Waals surface area (Å²) in [4.78, 5) is 12.4. The van der Waals surface area contributed by atoms with Crippen LogP contribution in [0.15, 0.2) is 34.3 Å². The molecule has 40 heavy (non-hydrogen) atoms. The third-order valence-corrected chi connectivity index (χ3v) is 8.22. The van der Waals surface area contributed by atoms with Crippen molar-refractivity contribution in [3.8, 4) is 0 Å². The number of likely N-dealkylation sites (tertiary alicyclic amines) is 1. The number of amidine groups is 1. The predicted molar refractivity (Wildman–Crippen MR) is 161 cm³/mol. The fourth-order valence-electron chi connectivity index (χ4n) is 5.45. The lowest BCUT2D eigenvalue weighted by Gasteiger charge is -2.33. The van der Waals surface area contributed by atoms with Crippen molar-refractivity contribution in [2.45, 2.75) is 63.9 Å². The molecule has 1 aromatic carbocycles. The van der Waals surface area contributed by atoms with Crippen LogP contribution in [-0.4, -0.2) is 70.2 Å². The minimum Gasteiger partial charge on any atom is -0.409 e. The van der Waals surface area contributed by atoms with Crippen molar-refractivity contribution in [3.05, 3.63) is 35.7 Å². The standard InChI is InChI=1S/C28H44FN9OS/c1-18(2)15-38-13-12-21(17-38)16-37(4)35-27-24(31-14-20-8-10-23(40-29)11-9-20)26(32-19(3)22-6-5-7-22)33-28(34-27)25(30)36-39/h8-11,18-19,21-22,31,39H,5-7,12-17H2,1-4H3,(H2,30,36)(H2,32,33,34,35)/t19-,21?/m1/s1. The molecule has 6 N–H and O–H groups in total. The van der Waals surface area contributed by atoms with Crippen LogP contribution >= 0.6 is 12.1 Å². The molecule has 1 aliphatic heterocycles. The van der Waals surface area contributed by atoms with Crippen LogP contribution in [0.5, 0.6) is 0 Å². The molecule has 1 unspecified atom stereocenters. The van der Waals surface area contributed by atoms with Gasteiger partial charge in [-0.05, 0) is 68.2 Å². The molecule has 0 radical (unpaired) electrons. The Morgan fingerprint density at radius 2 is 1.93 bits per heavy atom. The van der Waals surface area contributed by atoms with Crippen LogP contribution in [0.25, 0.3) is 0 Å². The quantitative estimate of drug-likeness (QED) is 0.0912. The highest BCUT2D eigenvalue weighted by molar-refractivity contribution is 7.94. The summed E-state index contributed by atoms with van der Waals surface area (Å²) < 4.78 is 12.9. The molecule has 1 aromatic heterocycles. The monoisotopic (exact) mass is 573 g/mol. The molecule has 0 bridgehead atoms. The highest BCUT2D eigenvalue weighted by atomic mass is 32.2. The molecule has 0 amide bonds. The maximum atomic E-state index is 12.9. The number of aromatic nitrogens is 2. The van der Waals surface area contributed by atoms with Crippen molar-refractivity contribution >= 4 is 35.3 Å². The average molecular weight is 574 g/mol. The fraction of sp³-hybridized carbons (Fsp3) is 0.607. The van der Waals surface area contributed by atoms with E-state index in [0.29, 0.717) is 46.5 Å². The lowest BCUT2D eigenvalue weighted by atomic mass is 9.80. The molecule has 4 rings (SSSR count). The molecule has 12 heteroatoms. The van der Waals surface area contributed by atoms with E-state index in [9.17, 15) is 9.09 Å². The molecule has 2 aromatic rings. The molecule has 220 valence electrons.